The van der Waals surface area contributed by atoms with Gasteiger partial charge >= 0.3 is 0 Å². The van der Waals surface area contributed by atoms with Crippen molar-refractivity contribution in [2.45, 2.75) is 52.5 Å². The normalized spacial score (nSPS) is 25.0. The van der Waals surface area contributed by atoms with E-state index in [2.05, 4.69) is 39.6 Å². The Morgan fingerprint density at radius 3 is 2.06 bits per heavy atom. The molecular weight excluding hydrogens is 234 g/mol. The maximum atomic E-state index is 11.6. The van der Waals surface area contributed by atoms with Gasteiger partial charge in [-0.3, -0.25) is 4.79 Å². The third kappa shape index (κ3) is 3.74. The molecule has 0 aliphatic heterocycles. The molecule has 2 nitrogen and oxygen atoms in total. The monoisotopic (exact) mass is 257 g/mol. The van der Waals surface area contributed by atoms with Crippen molar-refractivity contribution >= 4 is 17.5 Å². The number of alkyl halides is 1. The van der Waals surface area contributed by atoms with Crippen molar-refractivity contribution in [2.75, 3.05) is 5.88 Å². The van der Waals surface area contributed by atoms with Crippen LogP contribution in [0.2, 0.25) is 0 Å². The van der Waals surface area contributed by atoms with E-state index in [0.29, 0.717) is 0 Å². The highest BCUT2D eigenvalue weighted by atomic mass is 35.5. The number of hydrogen-bond acceptors (Lipinski definition) is 1. The molecule has 1 aliphatic rings. The van der Waals surface area contributed by atoms with Gasteiger partial charge in [-0.05, 0) is 30.1 Å². The van der Waals surface area contributed by atoms with E-state index < -0.39 is 0 Å². The average Bonchev–Trinajstić information content (AvgIpc) is 2.12. The Balaban J connectivity index is 2.98. The molecule has 17 heavy (non-hydrogen) atoms. The predicted molar refractivity (Wildman–Crippen MR) is 73.2 cm³/mol. The second-order valence-electron chi connectivity index (χ2n) is 6.90. The molecule has 0 bridgehead atoms. The van der Waals surface area contributed by atoms with Crippen LogP contribution in [-0.2, 0) is 4.79 Å². The molecule has 1 fully saturated rings. The maximum absolute atomic E-state index is 11.6. The second-order valence-corrected chi connectivity index (χ2v) is 7.17. The largest absolute Gasteiger partial charge is 0.346 e. The molecule has 0 aromatic rings. The number of amides is 1. The molecule has 0 spiro atoms. The van der Waals surface area contributed by atoms with E-state index >= 15 is 0 Å². The van der Waals surface area contributed by atoms with Crippen molar-refractivity contribution in [2.24, 2.45) is 10.8 Å². The fourth-order valence-electron chi connectivity index (χ4n) is 3.79. The van der Waals surface area contributed by atoms with E-state index in [1.54, 1.807) is 0 Å². The van der Waals surface area contributed by atoms with E-state index in [9.17, 15) is 4.79 Å². The summed E-state index contributed by atoms with van der Waals surface area (Å²) in [6.07, 6.45) is 4.90. The number of halogens is 1. The van der Waals surface area contributed by atoms with Crippen LogP contribution in [0.1, 0.15) is 47.0 Å². The smallest absolute Gasteiger partial charge is 0.235 e. The van der Waals surface area contributed by atoms with Crippen LogP contribution in [0.15, 0.2) is 12.7 Å². The van der Waals surface area contributed by atoms with Gasteiger partial charge in [0.25, 0.3) is 0 Å². The number of hydrogen-bond donors (Lipinski definition) is 1. The summed E-state index contributed by atoms with van der Waals surface area (Å²) in [5, 5.41) is 3.05. The number of carbonyl (C=O) groups excluding carboxylic acids is 1. The van der Waals surface area contributed by atoms with Crippen LogP contribution in [0.3, 0.4) is 0 Å². The van der Waals surface area contributed by atoms with Crippen LogP contribution in [0.25, 0.3) is 0 Å². The molecule has 0 atom stereocenters. The van der Waals surface area contributed by atoms with Crippen molar-refractivity contribution in [1.29, 1.82) is 0 Å². The molecule has 1 aliphatic carbocycles. The van der Waals surface area contributed by atoms with Crippen molar-refractivity contribution in [3.05, 3.63) is 12.7 Å². The van der Waals surface area contributed by atoms with Crippen LogP contribution >= 0.6 is 11.6 Å². The van der Waals surface area contributed by atoms with Crippen molar-refractivity contribution in [3.63, 3.8) is 0 Å². The van der Waals surface area contributed by atoms with Crippen LogP contribution in [-0.4, -0.2) is 17.3 Å². The van der Waals surface area contributed by atoms with Gasteiger partial charge in [0.05, 0.1) is 5.54 Å². The Labute approximate surface area is 110 Å². The first-order chi connectivity index (χ1) is 7.64. The van der Waals surface area contributed by atoms with Gasteiger partial charge in [0.1, 0.15) is 5.88 Å². The summed E-state index contributed by atoms with van der Waals surface area (Å²) >= 11 is 5.59. The van der Waals surface area contributed by atoms with Crippen LogP contribution < -0.4 is 5.32 Å². The highest BCUT2D eigenvalue weighted by Crippen LogP contribution is 2.50. The Morgan fingerprint density at radius 1 is 1.24 bits per heavy atom. The summed E-state index contributed by atoms with van der Waals surface area (Å²) in [6.45, 7) is 12.9. The minimum absolute atomic E-state index is 0.0104. The minimum Gasteiger partial charge on any atom is -0.346 e. The molecule has 0 heterocycles. The highest BCUT2D eigenvalue weighted by Gasteiger charge is 2.46. The summed E-state index contributed by atoms with van der Waals surface area (Å²) in [4.78, 5) is 11.6. The van der Waals surface area contributed by atoms with Crippen LogP contribution in [0, 0.1) is 10.8 Å². The van der Waals surface area contributed by atoms with Crippen LogP contribution in [0.4, 0.5) is 0 Å². The van der Waals surface area contributed by atoms with Gasteiger partial charge < -0.3 is 5.32 Å². The molecule has 3 heteroatoms. The van der Waals surface area contributed by atoms with E-state index in [1.807, 2.05) is 6.08 Å². The zero-order valence-corrected chi connectivity index (χ0v) is 12.2. The lowest BCUT2D eigenvalue weighted by Gasteiger charge is -2.51. The molecule has 98 valence electrons. The minimum atomic E-state index is -0.308. The van der Waals surface area contributed by atoms with E-state index in [-0.39, 0.29) is 28.2 Å². The van der Waals surface area contributed by atoms with Gasteiger partial charge in [-0.15, -0.1) is 18.2 Å². The number of carbonyl (C=O) groups is 1. The SMILES string of the molecule is C=CC1(NC(=O)CCl)CC(C)(C)CC(C)(C)C1. The molecular formula is C14H24ClNO. The molecule has 0 saturated heterocycles. The first-order valence-electron chi connectivity index (χ1n) is 6.14. The van der Waals surface area contributed by atoms with Crippen molar-refractivity contribution in [1.82, 2.24) is 5.32 Å². The highest BCUT2D eigenvalue weighted by molar-refractivity contribution is 6.27. The zero-order valence-electron chi connectivity index (χ0n) is 11.4. The van der Waals surface area contributed by atoms with E-state index in [0.717, 1.165) is 19.3 Å². The first-order valence-corrected chi connectivity index (χ1v) is 6.68. The van der Waals surface area contributed by atoms with E-state index in [4.69, 9.17) is 11.6 Å². The molecule has 0 unspecified atom stereocenters. The zero-order chi connectivity index (χ0) is 13.3. The molecule has 1 N–H and O–H groups in total. The second kappa shape index (κ2) is 4.64. The fourth-order valence-corrected chi connectivity index (χ4v) is 3.85. The molecule has 1 rings (SSSR count). The Hall–Kier alpha value is -0.500. The standard InChI is InChI=1S/C14H24ClNO/c1-6-14(16-11(17)7-15)9-12(2,3)8-13(4,5)10-14/h6H,1,7-10H2,2-5H3,(H,16,17). The quantitative estimate of drug-likeness (QED) is 0.609. The molecule has 1 amide bonds. The van der Waals surface area contributed by atoms with Gasteiger partial charge in [-0.25, -0.2) is 0 Å². The summed E-state index contributed by atoms with van der Waals surface area (Å²) < 4.78 is 0. The summed E-state index contributed by atoms with van der Waals surface area (Å²) in [7, 11) is 0. The number of rotatable bonds is 3. The van der Waals surface area contributed by atoms with Gasteiger partial charge in [0, 0.05) is 0 Å². The summed E-state index contributed by atoms with van der Waals surface area (Å²) in [6, 6.07) is 0. The average molecular weight is 258 g/mol. The maximum Gasteiger partial charge on any atom is 0.235 e. The third-order valence-electron chi connectivity index (χ3n) is 3.45. The Morgan fingerprint density at radius 2 is 1.71 bits per heavy atom. The molecule has 0 aromatic carbocycles. The predicted octanol–water partition coefficient (Wildman–Crippen LogP) is 3.50. The lowest BCUT2D eigenvalue weighted by molar-refractivity contribution is -0.121. The summed E-state index contributed by atoms with van der Waals surface area (Å²) in [5.74, 6) is -0.101. The van der Waals surface area contributed by atoms with Gasteiger partial charge in [0.15, 0.2) is 0 Å². The van der Waals surface area contributed by atoms with Crippen molar-refractivity contribution < 1.29 is 4.79 Å². The lowest BCUT2D eigenvalue weighted by atomic mass is 9.58. The fraction of sp³-hybridized carbons (Fsp3) is 0.786. The first kappa shape index (κ1) is 14.6. The van der Waals surface area contributed by atoms with Gasteiger partial charge in [-0.1, -0.05) is 33.8 Å². The van der Waals surface area contributed by atoms with Gasteiger partial charge in [0.2, 0.25) is 5.91 Å². The Kier molecular flexibility index (Phi) is 3.97. The van der Waals surface area contributed by atoms with E-state index in [1.165, 1.54) is 0 Å². The molecule has 0 aromatic heterocycles. The van der Waals surface area contributed by atoms with Crippen LogP contribution in [0.5, 0.6) is 0 Å². The molecule has 0 radical (unpaired) electrons. The Bertz CT molecular complexity index is 304. The number of nitrogens with one attached hydrogen (secondary N) is 1. The third-order valence-corrected chi connectivity index (χ3v) is 3.69. The topological polar surface area (TPSA) is 29.1 Å². The summed E-state index contributed by atoms with van der Waals surface area (Å²) in [5.41, 5.74) is 0.0995. The van der Waals surface area contributed by atoms with Gasteiger partial charge in [-0.2, -0.15) is 0 Å². The lowest BCUT2D eigenvalue weighted by Crippen LogP contribution is -2.55. The molecule has 1 saturated carbocycles. The van der Waals surface area contributed by atoms with Crippen molar-refractivity contribution in [3.8, 4) is 0 Å².